The number of nitrogens with zero attached hydrogens (tertiary/aromatic N) is 4. The summed E-state index contributed by atoms with van der Waals surface area (Å²) in [6, 6.07) is 15.5. The molecule has 0 aliphatic carbocycles. The van der Waals surface area contributed by atoms with Gasteiger partial charge in [0.1, 0.15) is 0 Å². The topological polar surface area (TPSA) is 99.0 Å². The fourth-order valence-electron chi connectivity index (χ4n) is 2.57. The second-order valence-electron chi connectivity index (χ2n) is 6.11. The molecule has 0 unspecified atom stereocenters. The molecule has 8 heteroatoms. The number of hydrogen-bond donors (Lipinski definition) is 1. The number of amides is 1. The number of esters is 1. The predicted octanol–water partition coefficient (Wildman–Crippen LogP) is 3.08. The van der Waals surface area contributed by atoms with Crippen molar-refractivity contribution in [2.24, 2.45) is 0 Å². The van der Waals surface area contributed by atoms with Gasteiger partial charge in [0.05, 0.1) is 11.3 Å². The van der Waals surface area contributed by atoms with Crippen LogP contribution < -0.4 is 5.32 Å². The summed E-state index contributed by atoms with van der Waals surface area (Å²) in [5, 5.41) is 14.2. The number of benzene rings is 2. The van der Waals surface area contributed by atoms with Crippen molar-refractivity contribution < 1.29 is 14.3 Å². The number of carbonyl (C=O) groups excluding carboxylic acids is 2. The summed E-state index contributed by atoms with van der Waals surface area (Å²) in [7, 11) is 0. The van der Waals surface area contributed by atoms with E-state index >= 15 is 0 Å². The molecule has 0 fully saturated rings. The molecule has 0 bridgehead atoms. The number of unbranched alkanes of at least 4 members (excludes halogenated alkanes) is 1. The highest BCUT2D eigenvalue weighted by atomic mass is 16.5. The molecule has 0 spiro atoms. The van der Waals surface area contributed by atoms with E-state index in [2.05, 4.69) is 27.8 Å². The van der Waals surface area contributed by atoms with Crippen LogP contribution in [0.4, 0.5) is 5.69 Å². The molecule has 0 aliphatic heterocycles. The maximum atomic E-state index is 12.6. The van der Waals surface area contributed by atoms with E-state index in [4.69, 9.17) is 4.74 Å². The number of carbonyl (C=O) groups is 2. The number of ether oxygens (including phenoxy) is 1. The number of hydrogen-bond acceptors (Lipinski definition) is 6. The van der Waals surface area contributed by atoms with E-state index in [9.17, 15) is 9.59 Å². The van der Waals surface area contributed by atoms with Crippen LogP contribution in [0.25, 0.3) is 0 Å². The van der Waals surface area contributed by atoms with Gasteiger partial charge in [0.15, 0.2) is 12.4 Å². The fraction of sp³-hybridized carbons (Fsp3) is 0.250. The highest BCUT2D eigenvalue weighted by Crippen LogP contribution is 2.18. The van der Waals surface area contributed by atoms with Crippen LogP contribution in [0, 0.1) is 0 Å². The van der Waals surface area contributed by atoms with Crippen LogP contribution in [-0.2, 0) is 17.9 Å². The average molecular weight is 379 g/mol. The predicted molar refractivity (Wildman–Crippen MR) is 103 cm³/mol. The summed E-state index contributed by atoms with van der Waals surface area (Å²) in [6.45, 7) is 2.70. The molecule has 0 atom stereocenters. The van der Waals surface area contributed by atoms with Gasteiger partial charge in [-0.05, 0) is 41.1 Å². The van der Waals surface area contributed by atoms with Crippen molar-refractivity contribution in [3.05, 3.63) is 71.5 Å². The number of nitrogens with one attached hydrogen (secondary N) is 1. The Morgan fingerprint density at radius 3 is 2.61 bits per heavy atom. The maximum Gasteiger partial charge on any atom is 0.340 e. The Morgan fingerprint density at radius 2 is 1.82 bits per heavy atom. The van der Waals surface area contributed by atoms with Crippen LogP contribution in [0.15, 0.2) is 54.6 Å². The molecule has 1 heterocycles. The van der Waals surface area contributed by atoms with Crippen molar-refractivity contribution in [1.82, 2.24) is 20.2 Å². The molecule has 8 nitrogen and oxygen atoms in total. The Labute approximate surface area is 162 Å². The zero-order chi connectivity index (χ0) is 19.8. The molecule has 1 amide bonds. The van der Waals surface area contributed by atoms with Crippen LogP contribution in [-0.4, -0.2) is 32.1 Å². The van der Waals surface area contributed by atoms with Gasteiger partial charge in [0.2, 0.25) is 0 Å². The Kier molecular flexibility index (Phi) is 6.46. The Balaban J connectivity index is 1.68. The van der Waals surface area contributed by atoms with Crippen molar-refractivity contribution in [2.45, 2.75) is 32.9 Å². The Bertz CT molecular complexity index is 940. The highest BCUT2D eigenvalue weighted by molar-refractivity contribution is 6.07. The molecule has 0 aliphatic rings. The lowest BCUT2D eigenvalue weighted by Crippen LogP contribution is -2.16. The van der Waals surface area contributed by atoms with E-state index in [1.165, 1.54) is 0 Å². The van der Waals surface area contributed by atoms with Gasteiger partial charge >= 0.3 is 5.97 Å². The van der Waals surface area contributed by atoms with Crippen molar-refractivity contribution in [3.63, 3.8) is 0 Å². The van der Waals surface area contributed by atoms with Gasteiger partial charge in [-0.2, -0.15) is 0 Å². The highest BCUT2D eigenvalue weighted by Gasteiger charge is 2.16. The lowest BCUT2D eigenvalue weighted by molar-refractivity contribution is 0.0457. The normalized spacial score (nSPS) is 10.5. The van der Waals surface area contributed by atoms with Gasteiger partial charge in [-0.1, -0.05) is 43.7 Å². The summed E-state index contributed by atoms with van der Waals surface area (Å²) in [6.07, 6.45) is 1.94. The average Bonchev–Trinajstić information content (AvgIpc) is 3.18. The third-order valence-corrected chi connectivity index (χ3v) is 4.09. The van der Waals surface area contributed by atoms with Crippen LogP contribution >= 0.6 is 0 Å². The van der Waals surface area contributed by atoms with E-state index in [1.54, 1.807) is 53.2 Å². The molecule has 144 valence electrons. The first kappa shape index (κ1) is 19.2. The van der Waals surface area contributed by atoms with E-state index in [-0.39, 0.29) is 18.1 Å². The minimum absolute atomic E-state index is 0.0451. The van der Waals surface area contributed by atoms with E-state index < -0.39 is 5.97 Å². The lowest BCUT2D eigenvalue weighted by atomic mass is 10.1. The molecule has 28 heavy (non-hydrogen) atoms. The fourth-order valence-corrected chi connectivity index (χ4v) is 2.57. The first-order valence-corrected chi connectivity index (χ1v) is 9.06. The Hall–Kier alpha value is -3.55. The molecule has 2 aromatic carbocycles. The van der Waals surface area contributed by atoms with Crippen LogP contribution in [0.3, 0.4) is 0 Å². The standard InChI is InChI=1S/C20H21N5O3/c1-2-3-13-25-18(22-23-24-25)14-28-20(27)16-11-7-8-12-17(16)21-19(26)15-9-5-4-6-10-15/h4-12H,2-3,13-14H2,1H3,(H,21,26). The van der Waals surface area contributed by atoms with Crippen molar-refractivity contribution in [1.29, 1.82) is 0 Å². The smallest absolute Gasteiger partial charge is 0.340 e. The minimum atomic E-state index is -0.561. The number of tetrazole rings is 1. The zero-order valence-corrected chi connectivity index (χ0v) is 15.5. The van der Waals surface area contributed by atoms with Crippen molar-refractivity contribution >= 4 is 17.6 Å². The van der Waals surface area contributed by atoms with Crippen LogP contribution in [0.5, 0.6) is 0 Å². The van der Waals surface area contributed by atoms with Gasteiger partial charge < -0.3 is 10.1 Å². The van der Waals surface area contributed by atoms with Gasteiger partial charge in [-0.3, -0.25) is 4.79 Å². The maximum absolute atomic E-state index is 12.6. The Morgan fingerprint density at radius 1 is 1.07 bits per heavy atom. The summed E-state index contributed by atoms with van der Waals surface area (Å²) < 4.78 is 6.99. The largest absolute Gasteiger partial charge is 0.454 e. The molecule has 3 aromatic rings. The number of rotatable bonds is 8. The van der Waals surface area contributed by atoms with E-state index in [0.29, 0.717) is 23.6 Å². The molecular weight excluding hydrogens is 358 g/mol. The third kappa shape index (κ3) is 4.79. The first-order valence-electron chi connectivity index (χ1n) is 9.06. The minimum Gasteiger partial charge on any atom is -0.454 e. The molecule has 0 saturated carbocycles. The molecular formula is C20H21N5O3. The molecule has 0 radical (unpaired) electrons. The molecule has 3 rings (SSSR count). The van der Waals surface area contributed by atoms with Crippen LogP contribution in [0.1, 0.15) is 46.3 Å². The van der Waals surface area contributed by atoms with Gasteiger partial charge in [-0.25, -0.2) is 9.48 Å². The van der Waals surface area contributed by atoms with Crippen molar-refractivity contribution in [3.8, 4) is 0 Å². The quantitative estimate of drug-likeness (QED) is 0.604. The van der Waals surface area contributed by atoms with E-state index in [0.717, 1.165) is 12.8 Å². The SMILES string of the molecule is CCCCn1nnnc1COC(=O)c1ccccc1NC(=O)c1ccccc1. The van der Waals surface area contributed by atoms with Gasteiger partial charge in [-0.15, -0.1) is 5.10 Å². The number of para-hydroxylation sites is 1. The second kappa shape index (κ2) is 9.40. The van der Waals surface area contributed by atoms with Gasteiger partial charge in [0.25, 0.3) is 5.91 Å². The van der Waals surface area contributed by atoms with Crippen LogP contribution in [0.2, 0.25) is 0 Å². The number of aryl methyl sites for hydroxylation is 1. The molecule has 1 aromatic heterocycles. The monoisotopic (exact) mass is 379 g/mol. The summed E-state index contributed by atoms with van der Waals surface area (Å²) >= 11 is 0. The number of aromatic nitrogens is 4. The van der Waals surface area contributed by atoms with Crippen molar-refractivity contribution in [2.75, 3.05) is 5.32 Å². The first-order chi connectivity index (χ1) is 13.7. The summed E-state index contributed by atoms with van der Waals surface area (Å²) in [5.41, 5.74) is 1.15. The summed E-state index contributed by atoms with van der Waals surface area (Å²) in [5.74, 6) is -0.383. The molecule has 1 N–H and O–H groups in total. The van der Waals surface area contributed by atoms with Gasteiger partial charge in [0, 0.05) is 12.1 Å². The van der Waals surface area contributed by atoms with E-state index in [1.807, 2.05) is 6.07 Å². The molecule has 0 saturated heterocycles. The third-order valence-electron chi connectivity index (χ3n) is 4.09. The second-order valence-corrected chi connectivity index (χ2v) is 6.11. The lowest BCUT2D eigenvalue weighted by Gasteiger charge is -2.11. The number of anilines is 1. The summed E-state index contributed by atoms with van der Waals surface area (Å²) in [4.78, 5) is 24.9. The zero-order valence-electron chi connectivity index (χ0n) is 15.5.